The Morgan fingerprint density at radius 2 is 0.831 bits per heavy atom. The maximum atomic E-state index is 14.3. The van der Waals surface area contributed by atoms with Crippen LogP contribution < -0.4 is 43.0 Å². The number of aromatic amines is 1. The number of hydrogen-bond acceptors (Lipinski definition) is 16. The van der Waals surface area contributed by atoms with Crippen LogP contribution in [0.25, 0.3) is 0 Å². The van der Waals surface area contributed by atoms with Crippen molar-refractivity contribution in [1.29, 1.82) is 0 Å². The van der Waals surface area contributed by atoms with Crippen LogP contribution in [0.15, 0.2) is 85.3 Å². The van der Waals surface area contributed by atoms with Crippen LogP contribution in [0.4, 0.5) is 0 Å². The summed E-state index contributed by atoms with van der Waals surface area (Å²) in [6.07, 6.45) is -0.728. The van der Waals surface area contributed by atoms with Crippen LogP contribution >= 0.6 is 12.6 Å². The molecule has 0 aliphatic carbocycles. The van der Waals surface area contributed by atoms with Crippen LogP contribution in [0.3, 0.4) is 0 Å². The third-order valence-corrected chi connectivity index (χ3v) is 11.9. The van der Waals surface area contributed by atoms with E-state index in [0.717, 1.165) is 0 Å². The van der Waals surface area contributed by atoms with Crippen LogP contribution in [0, 0.1) is 5.92 Å². The molecule has 0 radical (unpaired) electrons. The molecule has 0 aliphatic rings. The molecular formula is C50H62N10O16S. The molecule has 0 aliphatic heterocycles. The Morgan fingerprint density at radius 1 is 0.494 bits per heavy atom. The summed E-state index contributed by atoms with van der Waals surface area (Å²) in [4.78, 5) is 140. The average molecular weight is 1090 g/mol. The second-order valence-electron chi connectivity index (χ2n) is 18.3. The van der Waals surface area contributed by atoms with Crippen molar-refractivity contribution in [1.82, 2.24) is 47.2 Å². The molecule has 8 atom stereocenters. The molecule has 4 rings (SSSR count). The van der Waals surface area contributed by atoms with Crippen molar-refractivity contribution in [2.45, 2.75) is 107 Å². The van der Waals surface area contributed by atoms with Crippen molar-refractivity contribution in [3.63, 3.8) is 0 Å². The molecule has 26 nitrogen and oxygen atoms in total. The lowest BCUT2D eigenvalue weighted by atomic mass is 10.0. The highest BCUT2D eigenvalue weighted by atomic mass is 32.1. The van der Waals surface area contributed by atoms with E-state index in [9.17, 15) is 78.6 Å². The SMILES string of the molecule is CC(C)C[C@H](NC(=O)[C@H](CS)NC(=O)[C@H](Cc1ccc(O)cc1)NC(=O)[C@H](Cc1c[nH]cn1)NC(=O)[C@H](CC(=O)O)NC(=O)[C@H](CC(=O)O)NC(=O)[C@H](Cc1ccc(O)cc1)NC(=O)[C@@H](N)Cc1ccc(O)cc1)C(=O)O. The van der Waals surface area contributed by atoms with Gasteiger partial charge < -0.3 is 78.6 Å². The molecule has 0 unspecified atom stereocenters. The smallest absolute Gasteiger partial charge is 0.326 e. The lowest BCUT2D eigenvalue weighted by Gasteiger charge is -2.27. The van der Waals surface area contributed by atoms with E-state index >= 15 is 0 Å². The van der Waals surface area contributed by atoms with Crippen molar-refractivity contribution in [3.05, 3.63) is 108 Å². The summed E-state index contributed by atoms with van der Waals surface area (Å²) in [7, 11) is 0. The minimum absolute atomic E-state index is 0.0392. The zero-order valence-electron chi connectivity index (χ0n) is 41.7. The van der Waals surface area contributed by atoms with Crippen molar-refractivity contribution in [2.24, 2.45) is 11.7 Å². The van der Waals surface area contributed by atoms with E-state index in [4.69, 9.17) is 5.73 Å². The predicted molar refractivity (Wildman–Crippen MR) is 275 cm³/mol. The minimum atomic E-state index is -2.08. The second kappa shape index (κ2) is 29.4. The highest BCUT2D eigenvalue weighted by Gasteiger charge is 2.36. The van der Waals surface area contributed by atoms with Gasteiger partial charge in [-0.25, -0.2) is 9.78 Å². The van der Waals surface area contributed by atoms with Gasteiger partial charge >= 0.3 is 17.9 Å². The number of aromatic hydroxyl groups is 3. The lowest BCUT2D eigenvalue weighted by Crippen LogP contribution is -2.61. The van der Waals surface area contributed by atoms with Gasteiger partial charge in [-0.2, -0.15) is 12.6 Å². The van der Waals surface area contributed by atoms with Gasteiger partial charge in [0.05, 0.1) is 30.9 Å². The normalized spacial score (nSPS) is 14.1. The molecule has 0 saturated heterocycles. The first-order chi connectivity index (χ1) is 36.4. The van der Waals surface area contributed by atoms with E-state index in [-0.39, 0.29) is 60.3 Å². The number of phenolic OH excluding ortho intramolecular Hbond substituents is 3. The summed E-state index contributed by atoms with van der Waals surface area (Å²) in [5, 5.41) is 75.3. The lowest BCUT2D eigenvalue weighted by molar-refractivity contribution is -0.143. The maximum Gasteiger partial charge on any atom is 0.326 e. The highest BCUT2D eigenvalue weighted by molar-refractivity contribution is 7.80. The molecule has 77 heavy (non-hydrogen) atoms. The number of H-pyrrole nitrogens is 1. The first-order valence-electron chi connectivity index (χ1n) is 23.9. The number of benzene rings is 3. The fourth-order valence-electron chi connectivity index (χ4n) is 7.52. The molecule has 0 fully saturated rings. The number of amides is 7. The third-order valence-electron chi connectivity index (χ3n) is 11.5. The minimum Gasteiger partial charge on any atom is -0.508 e. The molecule has 27 heteroatoms. The average Bonchev–Trinajstić information content (AvgIpc) is 3.89. The molecule has 0 saturated carbocycles. The summed E-state index contributed by atoms with van der Waals surface area (Å²) in [5.41, 5.74) is 7.62. The topological polar surface area (TPSA) is 431 Å². The zero-order chi connectivity index (χ0) is 56.9. The second-order valence-corrected chi connectivity index (χ2v) is 18.6. The molecule has 4 aromatic rings. The Bertz CT molecular complexity index is 2690. The summed E-state index contributed by atoms with van der Waals surface area (Å²) in [5.74, 6) is -13.1. The van der Waals surface area contributed by atoms with Crippen molar-refractivity contribution >= 4 is 71.9 Å². The zero-order valence-corrected chi connectivity index (χ0v) is 42.6. The van der Waals surface area contributed by atoms with E-state index in [1.54, 1.807) is 13.8 Å². The molecule has 414 valence electrons. The number of thiol groups is 1. The number of carbonyl (C=O) groups is 10. The number of carboxylic acids is 3. The van der Waals surface area contributed by atoms with Gasteiger partial charge in [-0.15, -0.1) is 0 Å². The van der Waals surface area contributed by atoms with Crippen molar-refractivity contribution in [2.75, 3.05) is 5.75 Å². The Kier molecular flexibility index (Phi) is 23.2. The van der Waals surface area contributed by atoms with E-state index in [2.05, 4.69) is 59.8 Å². The first kappa shape index (κ1) is 60.8. The van der Waals surface area contributed by atoms with Gasteiger partial charge in [0.25, 0.3) is 0 Å². The van der Waals surface area contributed by atoms with E-state index in [0.29, 0.717) is 16.7 Å². The number of nitrogens with two attached hydrogens (primary N) is 1. The van der Waals surface area contributed by atoms with E-state index < -0.39 is 127 Å². The maximum absolute atomic E-state index is 14.3. The summed E-state index contributed by atoms with van der Waals surface area (Å²) < 4.78 is 0. The number of carboxylic acid groups (broad SMARTS) is 3. The van der Waals surface area contributed by atoms with Gasteiger partial charge in [0.15, 0.2) is 0 Å². The van der Waals surface area contributed by atoms with Crippen LogP contribution in [0.1, 0.15) is 55.5 Å². The number of imidazole rings is 1. The Hall–Kier alpha value is -8.72. The van der Waals surface area contributed by atoms with Gasteiger partial charge in [-0.1, -0.05) is 50.2 Å². The summed E-state index contributed by atoms with van der Waals surface area (Å²) in [6.45, 7) is 3.48. The fourth-order valence-corrected chi connectivity index (χ4v) is 7.78. The fraction of sp³-hybridized carbons (Fsp3) is 0.380. The number of rotatable bonds is 30. The van der Waals surface area contributed by atoms with E-state index in [1.165, 1.54) is 85.3 Å². The third kappa shape index (κ3) is 20.5. The predicted octanol–water partition coefficient (Wildman–Crippen LogP) is -1.47. The molecule has 0 spiro atoms. The molecule has 1 aromatic heterocycles. The van der Waals surface area contributed by atoms with Crippen molar-refractivity contribution < 1.29 is 78.6 Å². The van der Waals surface area contributed by atoms with Crippen LogP contribution in [0.2, 0.25) is 0 Å². The van der Waals surface area contributed by atoms with Gasteiger partial charge in [0, 0.05) is 31.2 Å². The number of hydrogen-bond donors (Lipinski definition) is 16. The van der Waals surface area contributed by atoms with Gasteiger partial charge in [-0.3, -0.25) is 43.2 Å². The molecule has 16 N–H and O–H groups in total. The summed E-state index contributed by atoms with van der Waals surface area (Å²) in [6, 6.07) is 3.71. The molecule has 7 amide bonds. The Morgan fingerprint density at radius 3 is 1.19 bits per heavy atom. The molecule has 1 heterocycles. The number of aliphatic carboxylic acids is 3. The molecule has 0 bridgehead atoms. The van der Waals surface area contributed by atoms with Crippen LogP contribution in [-0.2, 0) is 73.6 Å². The van der Waals surface area contributed by atoms with Crippen LogP contribution in [0.5, 0.6) is 17.2 Å². The quantitative estimate of drug-likeness (QED) is 0.0265. The first-order valence-corrected chi connectivity index (χ1v) is 24.5. The largest absolute Gasteiger partial charge is 0.508 e. The number of phenols is 3. The standard InChI is InChI=1S/C50H62N10O16S/c1-25(2)15-39(50(75)76)59-49(74)40(23-77)60-45(70)35(18-28-7-13-32(63)14-8-28)55-46(71)36(19-29-22-52-24-53-29)56-47(72)37(20-41(64)65)58-48(73)38(21-42(66)67)57-44(69)34(17-27-5-11-31(62)12-6-27)54-43(68)33(51)16-26-3-9-30(61)10-4-26/h3-14,22,24-25,33-40,61-63,77H,15-21,23,51H2,1-2H3,(H,52,53)(H,54,68)(H,55,71)(H,56,72)(H,57,69)(H,58,73)(H,59,74)(H,60,70)(H,64,65)(H,66,67)(H,75,76)/t33-,34-,35-,36-,37-,38-,39-,40-/m0/s1. The highest BCUT2D eigenvalue weighted by Crippen LogP contribution is 2.16. The molecular weight excluding hydrogens is 1030 g/mol. The number of nitrogens with one attached hydrogen (secondary N) is 8. The number of nitrogens with zero attached hydrogens (tertiary/aromatic N) is 1. The number of aromatic nitrogens is 2. The number of carbonyl (C=O) groups excluding carboxylic acids is 7. The van der Waals surface area contributed by atoms with Gasteiger partial charge in [0.2, 0.25) is 41.4 Å². The van der Waals surface area contributed by atoms with E-state index in [1.807, 2.05) is 0 Å². The Labute approximate surface area is 445 Å². The van der Waals surface area contributed by atoms with Crippen LogP contribution in [-0.4, -0.2) is 154 Å². The Balaban J connectivity index is 1.60. The monoisotopic (exact) mass is 1090 g/mol. The van der Waals surface area contributed by atoms with Gasteiger partial charge in [-0.05, 0) is 71.8 Å². The van der Waals surface area contributed by atoms with Gasteiger partial charge in [0.1, 0.15) is 59.5 Å². The van der Waals surface area contributed by atoms with Crippen molar-refractivity contribution in [3.8, 4) is 17.2 Å². The summed E-state index contributed by atoms with van der Waals surface area (Å²) >= 11 is 4.17. The molecule has 3 aromatic carbocycles.